The van der Waals surface area contributed by atoms with Crippen LogP contribution in [0, 0.1) is 18.3 Å². The van der Waals surface area contributed by atoms with Gasteiger partial charge in [0.1, 0.15) is 22.7 Å². The van der Waals surface area contributed by atoms with Gasteiger partial charge in [-0.3, -0.25) is 0 Å². The summed E-state index contributed by atoms with van der Waals surface area (Å²) in [5.74, 6) is -0.684. The smallest absolute Gasteiger partial charge is 0.346 e. The van der Waals surface area contributed by atoms with Crippen molar-refractivity contribution in [3.05, 3.63) is 99.4 Å². The Labute approximate surface area is 292 Å². The van der Waals surface area contributed by atoms with Crippen molar-refractivity contribution in [1.29, 1.82) is 5.26 Å². The van der Waals surface area contributed by atoms with E-state index in [0.717, 1.165) is 36.8 Å². The van der Waals surface area contributed by atoms with Crippen molar-refractivity contribution < 1.29 is 9.90 Å². The minimum atomic E-state index is -1.21. The summed E-state index contributed by atoms with van der Waals surface area (Å²) < 4.78 is 0. The Morgan fingerprint density at radius 2 is 1.67 bits per heavy atom. The van der Waals surface area contributed by atoms with Gasteiger partial charge in [-0.1, -0.05) is 56.2 Å². The first-order valence-corrected chi connectivity index (χ1v) is 18.2. The van der Waals surface area contributed by atoms with Gasteiger partial charge in [-0.25, -0.2) is 4.79 Å². The SMILES string of the molecule is Cc1ccc(N2c3ccc(-c4ccc(-c5cc6c(s5)-c5sc(/C=C(/C#N)C(=O)O)cc5C6(C)C)c5nn(C)nc45)cc3C3CCCC32)cc1. The first-order chi connectivity index (χ1) is 23.6. The van der Waals surface area contributed by atoms with E-state index in [1.807, 2.05) is 13.1 Å². The summed E-state index contributed by atoms with van der Waals surface area (Å²) in [7, 11) is 1.88. The first kappa shape index (κ1) is 30.1. The lowest BCUT2D eigenvalue weighted by atomic mass is 9.83. The molecule has 0 saturated heterocycles. The standard InChI is InChI=1S/C40H33N5O2S2/c1-21-8-11-24(12-9-21)45-32-7-5-6-27(32)29-17-22(10-15-33(29)45)26-13-14-28(36-35(26)42-44(4)43-36)34-19-31-38(49-34)37-30(40(31,2)3)18-25(48-37)16-23(20-41)39(46)47/h8-19,27,32H,5-7H2,1-4H3,(H,46,47)/b23-16-. The Hall–Kier alpha value is -5.04. The van der Waals surface area contributed by atoms with Crippen molar-refractivity contribution in [1.82, 2.24) is 15.0 Å². The van der Waals surface area contributed by atoms with E-state index in [2.05, 4.69) is 86.3 Å². The molecule has 1 N–H and O–H groups in total. The zero-order valence-corrected chi connectivity index (χ0v) is 29.2. The highest BCUT2D eigenvalue weighted by Gasteiger charge is 2.43. The molecule has 7 nitrogen and oxygen atoms in total. The molecule has 242 valence electrons. The summed E-state index contributed by atoms with van der Waals surface area (Å²) in [5, 5.41) is 28.5. The van der Waals surface area contributed by atoms with E-state index in [4.69, 9.17) is 10.2 Å². The van der Waals surface area contributed by atoms with Crippen LogP contribution in [0.15, 0.2) is 72.3 Å². The molecular formula is C40H33N5O2S2. The normalized spacial score (nSPS) is 18.8. The van der Waals surface area contributed by atoms with E-state index in [9.17, 15) is 15.2 Å². The van der Waals surface area contributed by atoms with Crippen molar-refractivity contribution in [3.63, 3.8) is 0 Å². The second-order valence-corrected chi connectivity index (χ2v) is 16.1. The third-order valence-electron chi connectivity index (χ3n) is 10.7. The van der Waals surface area contributed by atoms with Crippen molar-refractivity contribution in [2.24, 2.45) is 7.05 Å². The van der Waals surface area contributed by atoms with Crippen LogP contribution < -0.4 is 4.90 Å². The molecule has 49 heavy (non-hydrogen) atoms. The number of nitrogens with zero attached hydrogens (tertiary/aromatic N) is 5. The van der Waals surface area contributed by atoms with E-state index in [1.165, 1.54) is 69.4 Å². The number of benzene rings is 3. The number of aromatic nitrogens is 3. The lowest BCUT2D eigenvalue weighted by Gasteiger charge is -2.27. The molecule has 9 heteroatoms. The minimum absolute atomic E-state index is 0.256. The Kier molecular flexibility index (Phi) is 6.58. The molecule has 9 rings (SSSR count). The Morgan fingerprint density at radius 3 is 2.43 bits per heavy atom. The quantitative estimate of drug-likeness (QED) is 0.144. The molecule has 0 radical (unpaired) electrons. The van der Waals surface area contributed by atoms with Crippen molar-refractivity contribution in [3.8, 4) is 37.4 Å². The lowest BCUT2D eigenvalue weighted by Crippen LogP contribution is -2.26. The average Bonchev–Trinajstić information content (AvgIpc) is 3.91. The highest BCUT2D eigenvalue weighted by Crippen LogP contribution is 2.58. The van der Waals surface area contributed by atoms with Crippen molar-refractivity contribution in [2.75, 3.05) is 4.90 Å². The molecule has 0 spiro atoms. The number of nitriles is 1. The van der Waals surface area contributed by atoms with Gasteiger partial charge in [-0.15, -0.1) is 22.7 Å². The van der Waals surface area contributed by atoms with Crippen LogP contribution in [0.1, 0.15) is 66.2 Å². The van der Waals surface area contributed by atoms with Gasteiger partial charge in [-0.05, 0) is 84.5 Å². The molecule has 3 aliphatic rings. The predicted molar refractivity (Wildman–Crippen MR) is 198 cm³/mol. The molecule has 2 atom stereocenters. The number of carboxylic acids is 1. The van der Waals surface area contributed by atoms with Crippen molar-refractivity contribution >= 4 is 57.1 Å². The van der Waals surface area contributed by atoms with Crippen LogP contribution in [0.4, 0.5) is 11.4 Å². The number of aliphatic carboxylic acids is 1. The molecule has 0 bridgehead atoms. The maximum atomic E-state index is 11.5. The van der Waals surface area contributed by atoms with Crippen LogP contribution in [0.25, 0.3) is 48.4 Å². The van der Waals surface area contributed by atoms with Gasteiger partial charge in [0, 0.05) is 66.4 Å². The molecule has 3 aromatic carbocycles. The Bertz CT molecular complexity index is 2440. The van der Waals surface area contributed by atoms with Gasteiger partial charge in [-0.2, -0.15) is 20.3 Å². The highest BCUT2D eigenvalue weighted by molar-refractivity contribution is 7.24. The van der Waals surface area contributed by atoms with Crippen LogP contribution in [0.5, 0.6) is 0 Å². The zero-order valence-electron chi connectivity index (χ0n) is 27.6. The Balaban J connectivity index is 1.12. The second kappa shape index (κ2) is 10.7. The third kappa shape index (κ3) is 4.47. The number of fused-ring (bicyclic) bond motifs is 7. The van der Waals surface area contributed by atoms with Crippen LogP contribution in [-0.4, -0.2) is 32.1 Å². The summed E-state index contributed by atoms with van der Waals surface area (Å²) in [6.07, 6.45) is 5.15. The van der Waals surface area contributed by atoms with Crippen LogP contribution in [-0.2, 0) is 17.3 Å². The molecule has 0 amide bonds. The monoisotopic (exact) mass is 679 g/mol. The number of anilines is 2. The fourth-order valence-corrected chi connectivity index (χ4v) is 11.1. The van der Waals surface area contributed by atoms with Crippen LogP contribution >= 0.6 is 22.7 Å². The summed E-state index contributed by atoms with van der Waals surface area (Å²) in [5.41, 5.74) is 12.3. The van der Waals surface area contributed by atoms with Gasteiger partial charge >= 0.3 is 5.97 Å². The van der Waals surface area contributed by atoms with Gasteiger partial charge in [0.15, 0.2) is 0 Å². The first-order valence-electron chi connectivity index (χ1n) is 16.6. The molecule has 4 heterocycles. The van der Waals surface area contributed by atoms with E-state index >= 15 is 0 Å². The number of hydrogen-bond donors (Lipinski definition) is 1. The molecule has 6 aromatic rings. The summed E-state index contributed by atoms with van der Waals surface area (Å²) in [6, 6.07) is 26.9. The fraction of sp³-hybridized carbons (Fsp3) is 0.250. The third-order valence-corrected chi connectivity index (χ3v) is 13.1. The molecular weight excluding hydrogens is 647 g/mol. The Morgan fingerprint density at radius 1 is 0.959 bits per heavy atom. The predicted octanol–water partition coefficient (Wildman–Crippen LogP) is 9.82. The number of hydrogen-bond acceptors (Lipinski definition) is 7. The molecule has 3 aromatic heterocycles. The number of carbonyl (C=O) groups is 1. The zero-order chi connectivity index (χ0) is 33.8. The highest BCUT2D eigenvalue weighted by atomic mass is 32.1. The molecule has 1 aliphatic heterocycles. The van der Waals surface area contributed by atoms with Gasteiger partial charge in [0.2, 0.25) is 0 Å². The molecule has 2 unspecified atom stereocenters. The maximum Gasteiger partial charge on any atom is 0.346 e. The largest absolute Gasteiger partial charge is 0.477 e. The topological polar surface area (TPSA) is 95.0 Å². The van der Waals surface area contributed by atoms with Crippen molar-refractivity contribution in [2.45, 2.75) is 57.4 Å². The van der Waals surface area contributed by atoms with Gasteiger partial charge in [0.25, 0.3) is 0 Å². The number of aryl methyl sites for hydroxylation is 2. The van der Waals surface area contributed by atoms with Crippen LogP contribution in [0.2, 0.25) is 0 Å². The summed E-state index contributed by atoms with van der Waals surface area (Å²) in [4.78, 5) is 20.0. The van der Waals surface area contributed by atoms with E-state index in [1.54, 1.807) is 33.5 Å². The molecule has 1 saturated carbocycles. The lowest BCUT2D eigenvalue weighted by molar-refractivity contribution is -0.132. The molecule has 2 aliphatic carbocycles. The molecule has 1 fully saturated rings. The number of carboxylic acid groups (broad SMARTS) is 1. The van der Waals surface area contributed by atoms with E-state index in [-0.39, 0.29) is 11.0 Å². The number of thiophene rings is 2. The van der Waals surface area contributed by atoms with Gasteiger partial charge in [0.05, 0.1) is 0 Å². The second-order valence-electron chi connectivity index (χ2n) is 14.0. The summed E-state index contributed by atoms with van der Waals surface area (Å²) >= 11 is 3.29. The minimum Gasteiger partial charge on any atom is -0.477 e. The maximum absolute atomic E-state index is 11.5. The van der Waals surface area contributed by atoms with Gasteiger partial charge < -0.3 is 10.0 Å². The van der Waals surface area contributed by atoms with Crippen LogP contribution in [0.3, 0.4) is 0 Å². The van der Waals surface area contributed by atoms with E-state index < -0.39 is 5.97 Å². The average molecular weight is 680 g/mol. The number of rotatable bonds is 5. The summed E-state index contributed by atoms with van der Waals surface area (Å²) in [6.45, 7) is 6.56. The fourth-order valence-electron chi connectivity index (χ4n) is 8.29. The van der Waals surface area contributed by atoms with E-state index in [0.29, 0.717) is 12.0 Å².